The molecule has 0 spiro atoms. The van der Waals surface area contributed by atoms with Gasteiger partial charge in [-0.3, -0.25) is 4.79 Å². The Morgan fingerprint density at radius 1 is 1.27 bits per heavy atom. The number of carbonyl (C=O) groups excluding carboxylic acids is 1. The molecule has 0 aliphatic heterocycles. The van der Waals surface area contributed by atoms with E-state index in [2.05, 4.69) is 44.3 Å². The predicted molar refractivity (Wildman–Crippen MR) is 94.5 cm³/mol. The number of amides is 1. The van der Waals surface area contributed by atoms with Gasteiger partial charge in [-0.25, -0.2) is 0 Å². The van der Waals surface area contributed by atoms with Crippen LogP contribution in [-0.4, -0.2) is 17.5 Å². The molecule has 2 rings (SSSR count). The number of aryl methyl sites for hydroxylation is 2. The molecule has 4 heteroatoms. The highest BCUT2D eigenvalue weighted by Gasteiger charge is 2.35. The molecule has 124 valence electrons. The Kier molecular flexibility index (Phi) is 6.89. The second-order valence-corrected chi connectivity index (χ2v) is 6.73. The van der Waals surface area contributed by atoms with Crippen molar-refractivity contribution in [3.8, 4) is 0 Å². The van der Waals surface area contributed by atoms with E-state index in [-0.39, 0.29) is 24.4 Å². The van der Waals surface area contributed by atoms with Gasteiger partial charge in [0.2, 0.25) is 5.91 Å². The summed E-state index contributed by atoms with van der Waals surface area (Å²) in [4.78, 5) is 12.4. The Bertz CT molecular complexity index is 510. The Labute approximate surface area is 140 Å². The lowest BCUT2D eigenvalue weighted by Gasteiger charge is -2.33. The fraction of sp³-hybridized carbons (Fsp3) is 0.611. The first-order chi connectivity index (χ1) is 9.90. The number of nitrogens with one attached hydrogen (secondary N) is 1. The van der Waals surface area contributed by atoms with Crippen LogP contribution in [0.2, 0.25) is 0 Å². The van der Waals surface area contributed by atoms with Gasteiger partial charge >= 0.3 is 0 Å². The van der Waals surface area contributed by atoms with Gasteiger partial charge in [0.15, 0.2) is 0 Å². The van der Waals surface area contributed by atoms with Crippen LogP contribution in [0, 0.1) is 13.8 Å². The summed E-state index contributed by atoms with van der Waals surface area (Å²) < 4.78 is 0. The van der Waals surface area contributed by atoms with Gasteiger partial charge in [-0.15, -0.1) is 12.4 Å². The van der Waals surface area contributed by atoms with Gasteiger partial charge in [0.1, 0.15) is 0 Å². The third kappa shape index (κ3) is 4.72. The first-order valence-electron chi connectivity index (χ1n) is 8.07. The van der Waals surface area contributed by atoms with E-state index in [0.717, 1.165) is 32.1 Å². The molecule has 1 aliphatic carbocycles. The van der Waals surface area contributed by atoms with Gasteiger partial charge < -0.3 is 11.1 Å². The zero-order valence-electron chi connectivity index (χ0n) is 13.9. The van der Waals surface area contributed by atoms with Crippen molar-refractivity contribution in [1.82, 2.24) is 5.32 Å². The van der Waals surface area contributed by atoms with E-state index < -0.39 is 5.54 Å². The van der Waals surface area contributed by atoms with Crippen LogP contribution >= 0.6 is 12.4 Å². The summed E-state index contributed by atoms with van der Waals surface area (Å²) in [5.41, 5.74) is 9.49. The van der Waals surface area contributed by atoms with Crippen LogP contribution in [0.5, 0.6) is 0 Å². The second-order valence-electron chi connectivity index (χ2n) is 6.73. The number of hydrogen-bond donors (Lipinski definition) is 2. The largest absolute Gasteiger partial charge is 0.352 e. The average Bonchev–Trinajstić information content (AvgIpc) is 2.43. The van der Waals surface area contributed by atoms with Crippen LogP contribution in [0.3, 0.4) is 0 Å². The Hall–Kier alpha value is -1.06. The molecule has 1 amide bonds. The molecule has 3 N–H and O–H groups in total. The molecular weight excluding hydrogens is 296 g/mol. The van der Waals surface area contributed by atoms with Crippen molar-refractivity contribution in [1.29, 1.82) is 0 Å². The Morgan fingerprint density at radius 2 is 1.91 bits per heavy atom. The molecule has 0 heterocycles. The molecule has 1 aromatic rings. The first-order valence-corrected chi connectivity index (χ1v) is 8.07. The highest BCUT2D eigenvalue weighted by Crippen LogP contribution is 2.26. The zero-order chi connectivity index (χ0) is 15.5. The molecule has 0 aromatic heterocycles. The summed E-state index contributed by atoms with van der Waals surface area (Å²) in [6.07, 6.45) is 5.81. The third-order valence-electron chi connectivity index (χ3n) is 4.60. The highest BCUT2D eigenvalue weighted by atomic mass is 35.5. The van der Waals surface area contributed by atoms with Crippen LogP contribution in [0.25, 0.3) is 0 Å². The number of halogens is 1. The molecule has 22 heavy (non-hydrogen) atoms. The van der Waals surface area contributed by atoms with Gasteiger partial charge in [0.25, 0.3) is 0 Å². The first kappa shape index (κ1) is 19.0. The van der Waals surface area contributed by atoms with Crippen LogP contribution in [0.1, 0.15) is 55.7 Å². The number of rotatable bonds is 4. The summed E-state index contributed by atoms with van der Waals surface area (Å²) in [6.45, 7) is 6.29. The van der Waals surface area contributed by atoms with Crippen LogP contribution in [0.15, 0.2) is 18.2 Å². The summed E-state index contributed by atoms with van der Waals surface area (Å²) in [5, 5.41) is 3.12. The van der Waals surface area contributed by atoms with E-state index in [1.807, 2.05) is 0 Å². The maximum Gasteiger partial charge on any atom is 0.240 e. The van der Waals surface area contributed by atoms with Gasteiger partial charge in [-0.2, -0.15) is 0 Å². The molecule has 3 nitrogen and oxygen atoms in total. The minimum Gasteiger partial charge on any atom is -0.352 e. The summed E-state index contributed by atoms with van der Waals surface area (Å²) in [7, 11) is 0. The summed E-state index contributed by atoms with van der Waals surface area (Å²) in [6, 6.07) is 6.59. The molecule has 1 saturated carbocycles. The fourth-order valence-electron chi connectivity index (χ4n) is 3.23. The minimum atomic E-state index is -0.644. The number of benzene rings is 1. The van der Waals surface area contributed by atoms with Crippen molar-refractivity contribution in [2.45, 2.75) is 70.9 Å². The van der Waals surface area contributed by atoms with Crippen molar-refractivity contribution < 1.29 is 4.79 Å². The molecule has 1 fully saturated rings. The quantitative estimate of drug-likeness (QED) is 0.891. The highest BCUT2D eigenvalue weighted by molar-refractivity contribution is 5.86. The maximum atomic E-state index is 12.4. The second kappa shape index (κ2) is 7.98. The van der Waals surface area contributed by atoms with Crippen molar-refractivity contribution in [2.75, 3.05) is 0 Å². The topological polar surface area (TPSA) is 55.1 Å². The van der Waals surface area contributed by atoms with Crippen molar-refractivity contribution in [3.05, 3.63) is 34.9 Å². The smallest absolute Gasteiger partial charge is 0.240 e. The van der Waals surface area contributed by atoms with Crippen molar-refractivity contribution >= 4 is 18.3 Å². The third-order valence-corrected chi connectivity index (χ3v) is 4.60. The lowest BCUT2D eigenvalue weighted by atomic mass is 9.81. The summed E-state index contributed by atoms with van der Waals surface area (Å²) >= 11 is 0. The number of nitrogens with two attached hydrogens (primary N) is 1. The van der Waals surface area contributed by atoms with E-state index in [4.69, 9.17) is 5.73 Å². The van der Waals surface area contributed by atoms with Crippen LogP contribution in [0.4, 0.5) is 0 Å². The predicted octanol–water partition coefficient (Wildman–Crippen LogP) is 3.43. The maximum absolute atomic E-state index is 12.4. The molecular formula is C18H29ClN2O. The lowest BCUT2D eigenvalue weighted by Crippen LogP contribution is -2.56. The van der Waals surface area contributed by atoms with Crippen molar-refractivity contribution in [2.24, 2.45) is 5.73 Å². The Morgan fingerprint density at radius 3 is 2.50 bits per heavy atom. The molecule has 0 saturated heterocycles. The molecule has 0 radical (unpaired) electrons. The zero-order valence-corrected chi connectivity index (χ0v) is 14.8. The van der Waals surface area contributed by atoms with Crippen molar-refractivity contribution in [3.63, 3.8) is 0 Å². The Balaban J connectivity index is 0.00000242. The SMILES string of the molecule is Cc1ccc(CC(C)NC(=O)C2(N)CCCCC2)c(C)c1.Cl. The monoisotopic (exact) mass is 324 g/mol. The van der Waals surface area contributed by atoms with E-state index in [9.17, 15) is 4.79 Å². The van der Waals surface area contributed by atoms with Crippen LogP contribution in [-0.2, 0) is 11.2 Å². The standard InChI is InChI=1S/C18H28N2O.ClH/c1-13-7-8-16(14(2)11-13)12-15(3)20-17(21)18(19)9-5-4-6-10-18;/h7-8,11,15H,4-6,9-10,12,19H2,1-3H3,(H,20,21);1H. The molecule has 0 bridgehead atoms. The van der Waals surface area contributed by atoms with E-state index in [1.165, 1.54) is 23.1 Å². The van der Waals surface area contributed by atoms with Gasteiger partial charge in [0.05, 0.1) is 5.54 Å². The minimum absolute atomic E-state index is 0. The van der Waals surface area contributed by atoms with E-state index in [1.54, 1.807) is 0 Å². The molecule has 1 unspecified atom stereocenters. The normalized spacial score (nSPS) is 18.2. The van der Waals surface area contributed by atoms with E-state index >= 15 is 0 Å². The summed E-state index contributed by atoms with van der Waals surface area (Å²) in [5.74, 6) is 0.0273. The molecule has 1 aromatic carbocycles. The van der Waals surface area contributed by atoms with Crippen LogP contribution < -0.4 is 11.1 Å². The fourth-order valence-corrected chi connectivity index (χ4v) is 3.23. The average molecular weight is 325 g/mol. The van der Waals surface area contributed by atoms with Gasteiger partial charge in [-0.05, 0) is 51.2 Å². The van der Waals surface area contributed by atoms with E-state index in [0.29, 0.717) is 0 Å². The van der Waals surface area contributed by atoms with Gasteiger partial charge in [-0.1, -0.05) is 43.0 Å². The molecule has 1 aliphatic rings. The molecule has 1 atom stereocenters. The van der Waals surface area contributed by atoms with Gasteiger partial charge in [0, 0.05) is 6.04 Å². The number of hydrogen-bond acceptors (Lipinski definition) is 2. The number of carbonyl (C=O) groups is 1. The lowest BCUT2D eigenvalue weighted by molar-refractivity contribution is -0.128.